The van der Waals surface area contributed by atoms with Crippen LogP contribution in [0.5, 0.6) is 0 Å². The Hall–Kier alpha value is -0.940. The number of halogens is 1. The Labute approximate surface area is 77.0 Å². The van der Waals surface area contributed by atoms with Crippen molar-refractivity contribution in [2.24, 2.45) is 0 Å². The second-order valence-electron chi connectivity index (χ2n) is 2.32. The SMILES string of the molecule is OCc1nc(Br)n2ccncc12. The molecule has 2 aromatic heterocycles. The average molecular weight is 228 g/mol. The van der Waals surface area contributed by atoms with E-state index in [1.54, 1.807) is 18.6 Å². The van der Waals surface area contributed by atoms with Gasteiger partial charge in [-0.15, -0.1) is 0 Å². The first-order valence-electron chi connectivity index (χ1n) is 3.40. The van der Waals surface area contributed by atoms with Crippen molar-refractivity contribution in [1.82, 2.24) is 14.4 Å². The molecule has 2 aromatic rings. The van der Waals surface area contributed by atoms with Crippen molar-refractivity contribution in [2.75, 3.05) is 0 Å². The molecular formula is C7H6BrN3O. The number of imidazole rings is 1. The lowest BCUT2D eigenvalue weighted by atomic mass is 10.4. The molecule has 2 heterocycles. The van der Waals surface area contributed by atoms with Crippen molar-refractivity contribution < 1.29 is 5.11 Å². The molecule has 4 nitrogen and oxygen atoms in total. The highest BCUT2D eigenvalue weighted by Gasteiger charge is 2.06. The molecule has 2 rings (SSSR count). The maximum Gasteiger partial charge on any atom is 0.182 e. The van der Waals surface area contributed by atoms with Crippen LogP contribution < -0.4 is 0 Å². The van der Waals surface area contributed by atoms with Crippen LogP contribution in [0.25, 0.3) is 5.52 Å². The Morgan fingerprint density at radius 1 is 1.58 bits per heavy atom. The molecule has 0 fully saturated rings. The maximum atomic E-state index is 8.92. The third-order valence-corrected chi connectivity index (χ3v) is 2.19. The van der Waals surface area contributed by atoms with Gasteiger partial charge in [0, 0.05) is 12.4 Å². The Bertz CT molecular complexity index is 412. The highest BCUT2D eigenvalue weighted by atomic mass is 79.9. The van der Waals surface area contributed by atoms with Gasteiger partial charge in [0.25, 0.3) is 0 Å². The predicted octanol–water partition coefficient (Wildman–Crippen LogP) is 0.984. The van der Waals surface area contributed by atoms with Crippen molar-refractivity contribution in [3.63, 3.8) is 0 Å². The van der Waals surface area contributed by atoms with Crippen molar-refractivity contribution in [3.05, 3.63) is 29.0 Å². The molecule has 0 saturated heterocycles. The quantitative estimate of drug-likeness (QED) is 0.791. The summed E-state index contributed by atoms with van der Waals surface area (Å²) >= 11 is 3.27. The van der Waals surface area contributed by atoms with Gasteiger partial charge in [0.15, 0.2) is 4.73 Å². The van der Waals surface area contributed by atoms with Gasteiger partial charge in [0.2, 0.25) is 0 Å². The van der Waals surface area contributed by atoms with E-state index in [1.165, 1.54) is 0 Å². The zero-order chi connectivity index (χ0) is 8.55. The van der Waals surface area contributed by atoms with E-state index < -0.39 is 0 Å². The van der Waals surface area contributed by atoms with Gasteiger partial charge < -0.3 is 5.11 Å². The fraction of sp³-hybridized carbons (Fsp3) is 0.143. The van der Waals surface area contributed by atoms with Crippen LogP contribution in [0, 0.1) is 0 Å². The molecule has 0 aliphatic heterocycles. The molecule has 0 amide bonds. The minimum atomic E-state index is -0.0687. The lowest BCUT2D eigenvalue weighted by Crippen LogP contribution is -1.86. The molecule has 62 valence electrons. The summed E-state index contributed by atoms with van der Waals surface area (Å²) in [6.07, 6.45) is 5.12. The standard InChI is InChI=1S/C7H6BrN3O/c8-7-10-5(4-12)6-3-9-1-2-11(6)7/h1-3,12H,4H2. The van der Waals surface area contributed by atoms with E-state index in [0.717, 1.165) is 5.52 Å². The predicted molar refractivity (Wildman–Crippen MR) is 46.6 cm³/mol. The lowest BCUT2D eigenvalue weighted by Gasteiger charge is -1.92. The zero-order valence-electron chi connectivity index (χ0n) is 6.11. The first kappa shape index (κ1) is 7.70. The van der Waals surface area contributed by atoms with Crippen LogP contribution in [0.4, 0.5) is 0 Å². The fourth-order valence-corrected chi connectivity index (χ4v) is 1.60. The van der Waals surface area contributed by atoms with E-state index in [-0.39, 0.29) is 6.61 Å². The van der Waals surface area contributed by atoms with Gasteiger partial charge in [-0.2, -0.15) is 0 Å². The topological polar surface area (TPSA) is 50.4 Å². The summed E-state index contributed by atoms with van der Waals surface area (Å²) in [6.45, 7) is -0.0687. The molecular weight excluding hydrogens is 222 g/mol. The van der Waals surface area contributed by atoms with Gasteiger partial charge in [0.05, 0.1) is 24.0 Å². The second kappa shape index (κ2) is 2.84. The van der Waals surface area contributed by atoms with Crippen LogP contribution in [0.15, 0.2) is 23.3 Å². The molecule has 0 unspecified atom stereocenters. The van der Waals surface area contributed by atoms with E-state index in [1.807, 2.05) is 4.40 Å². The summed E-state index contributed by atoms with van der Waals surface area (Å²) in [5.74, 6) is 0. The van der Waals surface area contributed by atoms with E-state index in [0.29, 0.717) is 10.4 Å². The summed E-state index contributed by atoms with van der Waals surface area (Å²) in [5, 5.41) is 8.92. The number of aromatic nitrogens is 3. The number of hydrogen-bond acceptors (Lipinski definition) is 3. The van der Waals surface area contributed by atoms with E-state index >= 15 is 0 Å². The van der Waals surface area contributed by atoms with Crippen LogP contribution in [-0.2, 0) is 6.61 Å². The van der Waals surface area contributed by atoms with Gasteiger partial charge in [-0.1, -0.05) is 0 Å². The summed E-state index contributed by atoms with van der Waals surface area (Å²) in [5.41, 5.74) is 1.46. The third kappa shape index (κ3) is 1.02. The van der Waals surface area contributed by atoms with Crippen LogP contribution >= 0.6 is 15.9 Å². The minimum Gasteiger partial charge on any atom is -0.390 e. The first-order chi connectivity index (χ1) is 5.83. The summed E-state index contributed by atoms with van der Waals surface area (Å²) in [6, 6.07) is 0. The molecule has 1 N–H and O–H groups in total. The molecule has 0 spiro atoms. The van der Waals surface area contributed by atoms with Crippen LogP contribution in [-0.4, -0.2) is 19.5 Å². The van der Waals surface area contributed by atoms with Crippen molar-refractivity contribution in [3.8, 4) is 0 Å². The monoisotopic (exact) mass is 227 g/mol. The molecule has 0 aliphatic carbocycles. The number of rotatable bonds is 1. The minimum absolute atomic E-state index is 0.0687. The summed E-state index contributed by atoms with van der Waals surface area (Å²) in [4.78, 5) is 8.04. The van der Waals surface area contributed by atoms with Gasteiger partial charge in [-0.25, -0.2) is 4.98 Å². The van der Waals surface area contributed by atoms with Gasteiger partial charge in [-0.3, -0.25) is 9.38 Å². The molecule has 5 heteroatoms. The van der Waals surface area contributed by atoms with E-state index in [9.17, 15) is 0 Å². The third-order valence-electron chi connectivity index (χ3n) is 1.63. The number of hydrogen-bond donors (Lipinski definition) is 1. The Morgan fingerprint density at radius 3 is 3.17 bits per heavy atom. The average Bonchev–Trinajstić information content (AvgIpc) is 2.44. The maximum absolute atomic E-state index is 8.92. The Balaban J connectivity index is 2.82. The van der Waals surface area contributed by atoms with Crippen molar-refractivity contribution >= 4 is 21.4 Å². The lowest BCUT2D eigenvalue weighted by molar-refractivity contribution is 0.279. The highest BCUT2D eigenvalue weighted by Crippen LogP contribution is 2.15. The second-order valence-corrected chi connectivity index (χ2v) is 3.03. The smallest absolute Gasteiger partial charge is 0.182 e. The summed E-state index contributed by atoms with van der Waals surface area (Å²) < 4.78 is 2.50. The molecule has 0 aliphatic rings. The van der Waals surface area contributed by atoms with Gasteiger partial charge in [-0.05, 0) is 15.9 Å². The van der Waals surface area contributed by atoms with E-state index in [2.05, 4.69) is 25.9 Å². The van der Waals surface area contributed by atoms with E-state index in [4.69, 9.17) is 5.11 Å². The largest absolute Gasteiger partial charge is 0.390 e. The van der Waals surface area contributed by atoms with Crippen LogP contribution in [0.2, 0.25) is 0 Å². The van der Waals surface area contributed by atoms with Crippen LogP contribution in [0.1, 0.15) is 5.69 Å². The molecule has 0 saturated carbocycles. The Morgan fingerprint density at radius 2 is 2.42 bits per heavy atom. The number of aliphatic hydroxyl groups excluding tert-OH is 1. The van der Waals surface area contributed by atoms with Crippen molar-refractivity contribution in [1.29, 1.82) is 0 Å². The normalized spacial score (nSPS) is 10.8. The fourth-order valence-electron chi connectivity index (χ4n) is 1.07. The molecule has 12 heavy (non-hydrogen) atoms. The first-order valence-corrected chi connectivity index (χ1v) is 4.19. The highest BCUT2D eigenvalue weighted by molar-refractivity contribution is 9.10. The number of fused-ring (bicyclic) bond motifs is 1. The van der Waals surface area contributed by atoms with Gasteiger partial charge >= 0.3 is 0 Å². The molecule has 0 radical (unpaired) electrons. The number of aliphatic hydroxyl groups is 1. The Kier molecular flexibility index (Phi) is 1.82. The van der Waals surface area contributed by atoms with Gasteiger partial charge in [0.1, 0.15) is 0 Å². The summed E-state index contributed by atoms with van der Waals surface area (Å²) in [7, 11) is 0. The molecule has 0 atom stereocenters. The van der Waals surface area contributed by atoms with Crippen LogP contribution in [0.3, 0.4) is 0 Å². The zero-order valence-corrected chi connectivity index (χ0v) is 7.69. The number of nitrogens with zero attached hydrogens (tertiary/aromatic N) is 3. The molecule has 0 bridgehead atoms. The van der Waals surface area contributed by atoms with Crippen molar-refractivity contribution in [2.45, 2.75) is 6.61 Å². The molecule has 0 aromatic carbocycles.